The van der Waals surface area contributed by atoms with E-state index in [4.69, 9.17) is 0 Å². The molecule has 0 saturated heterocycles. The van der Waals surface area contributed by atoms with Crippen molar-refractivity contribution in [1.29, 1.82) is 0 Å². The van der Waals surface area contributed by atoms with E-state index in [1.165, 1.54) is 9.47 Å². The predicted octanol–water partition coefficient (Wildman–Crippen LogP) is 6.19. The second-order valence-electron chi connectivity index (χ2n) is 6.27. The quantitative estimate of drug-likeness (QED) is 0.250. The number of rotatable bonds is 7. The molecule has 0 aliphatic carbocycles. The average molecular weight is 626 g/mol. The normalized spacial score (nSPS) is 15.8. The third-order valence-electron chi connectivity index (χ3n) is 3.69. The van der Waals surface area contributed by atoms with Gasteiger partial charge in [-0.15, -0.1) is 0 Å². The smallest absolute Gasteiger partial charge is 0.393 e. The average Bonchev–Trinajstić information content (AvgIpc) is 2.61. The highest BCUT2D eigenvalue weighted by atomic mass is 19.4. The number of hydrogen-bond donors (Lipinski definition) is 0. The molecule has 0 saturated carbocycles. The molecule has 226 valence electrons. The van der Waals surface area contributed by atoms with Crippen LogP contribution in [0, 0.1) is 0 Å². The zero-order valence-corrected chi connectivity index (χ0v) is 15.9. The van der Waals surface area contributed by atoms with Gasteiger partial charge in [0, 0.05) is 0 Å². The Morgan fingerprint density at radius 2 is 0.500 bits per heavy atom. The van der Waals surface area contributed by atoms with E-state index in [1.807, 2.05) is 0 Å². The number of esters is 2. The van der Waals surface area contributed by atoms with Crippen molar-refractivity contribution in [3.8, 4) is 0 Å². The molecular formula is C12F22O4. The van der Waals surface area contributed by atoms with Crippen molar-refractivity contribution in [1.82, 2.24) is 0 Å². The molecule has 4 nitrogen and oxygen atoms in total. The van der Waals surface area contributed by atoms with Gasteiger partial charge in [0.25, 0.3) is 0 Å². The van der Waals surface area contributed by atoms with Crippen molar-refractivity contribution in [3.63, 3.8) is 0 Å². The molecule has 0 atom stereocenters. The summed E-state index contributed by atoms with van der Waals surface area (Å²) < 4.78 is 282. The second kappa shape index (κ2) is 8.97. The van der Waals surface area contributed by atoms with Crippen molar-refractivity contribution in [3.05, 3.63) is 0 Å². The van der Waals surface area contributed by atoms with Crippen LogP contribution >= 0.6 is 0 Å². The van der Waals surface area contributed by atoms with Gasteiger partial charge in [0.2, 0.25) is 0 Å². The molecule has 0 spiro atoms. The highest BCUT2D eigenvalue weighted by Crippen LogP contribution is 2.56. The van der Waals surface area contributed by atoms with E-state index in [2.05, 4.69) is 0 Å². The maximum atomic E-state index is 13.4. The predicted molar refractivity (Wildman–Crippen MR) is 63.9 cm³/mol. The minimum absolute atomic E-state index is 1.36. The van der Waals surface area contributed by atoms with Gasteiger partial charge in [-0.2, -0.15) is 87.8 Å². The zero-order chi connectivity index (χ0) is 31.6. The van der Waals surface area contributed by atoms with Gasteiger partial charge in [-0.25, -0.2) is 18.4 Å². The molecule has 0 aliphatic heterocycles. The molecule has 0 bridgehead atoms. The van der Waals surface area contributed by atoms with E-state index >= 15 is 0 Å². The summed E-state index contributed by atoms with van der Waals surface area (Å²) in [5.41, 5.74) is -15.5. The van der Waals surface area contributed by atoms with Crippen molar-refractivity contribution in [2.24, 2.45) is 0 Å². The van der Waals surface area contributed by atoms with Crippen LogP contribution in [0.5, 0.6) is 0 Å². The number of carbonyl (C=O) groups excluding carboxylic acids is 2. The number of halogens is 22. The number of hydrogen-bond acceptors (Lipinski definition) is 4. The van der Waals surface area contributed by atoms with Gasteiger partial charge in [-0.05, 0) is 0 Å². The van der Waals surface area contributed by atoms with Crippen LogP contribution in [-0.2, 0) is 19.1 Å². The van der Waals surface area contributed by atoms with Crippen LogP contribution in [0.4, 0.5) is 96.6 Å². The highest BCUT2D eigenvalue weighted by molar-refractivity contribution is 5.82. The standard InChI is InChI=1S/C12F22O4/c13-3(7(19,20)21,8(22,23)24)1(35)37-11(31,32)5(15,16)6(17,18)12(33,34)38-2(36)4(14,9(25,26)27)10(28,29)30. The Morgan fingerprint density at radius 1 is 0.342 bits per heavy atom. The summed E-state index contributed by atoms with van der Waals surface area (Å²) in [7, 11) is 0. The molecule has 0 aliphatic rings. The number of carbonyl (C=O) groups is 2. The summed E-state index contributed by atoms with van der Waals surface area (Å²) in [4.78, 5) is 21.3. The molecule has 0 radical (unpaired) electrons. The van der Waals surface area contributed by atoms with E-state index in [-0.39, 0.29) is 0 Å². The van der Waals surface area contributed by atoms with Crippen LogP contribution in [0.3, 0.4) is 0 Å². The van der Waals surface area contributed by atoms with Crippen LogP contribution in [0.15, 0.2) is 0 Å². The lowest BCUT2D eigenvalue weighted by Gasteiger charge is -2.37. The summed E-state index contributed by atoms with van der Waals surface area (Å²) >= 11 is 0. The maximum Gasteiger partial charge on any atom is 0.473 e. The van der Waals surface area contributed by atoms with E-state index in [0.717, 1.165) is 0 Å². The van der Waals surface area contributed by atoms with E-state index < -0.39 is 72.0 Å². The fourth-order valence-corrected chi connectivity index (χ4v) is 1.65. The summed E-state index contributed by atoms with van der Waals surface area (Å²) in [6.45, 7) is 0. The molecule has 0 N–H and O–H groups in total. The number of ether oxygens (including phenoxy) is 2. The first kappa shape index (κ1) is 35.4. The lowest BCUT2D eigenvalue weighted by atomic mass is 10.0. The van der Waals surface area contributed by atoms with E-state index in [1.54, 1.807) is 0 Å². The minimum atomic E-state index is -8.58. The fourth-order valence-electron chi connectivity index (χ4n) is 1.65. The van der Waals surface area contributed by atoms with Gasteiger partial charge in [-0.3, -0.25) is 0 Å². The van der Waals surface area contributed by atoms with Crippen molar-refractivity contribution < 1.29 is 116 Å². The Labute approximate surface area is 189 Å². The Balaban J connectivity index is 6.61. The Hall–Kier alpha value is -2.60. The molecule has 0 unspecified atom stereocenters. The van der Waals surface area contributed by atoms with Crippen molar-refractivity contribution >= 4 is 11.9 Å². The maximum absolute atomic E-state index is 13.4. The zero-order valence-electron chi connectivity index (χ0n) is 15.9. The SMILES string of the molecule is O=C(OC(F)(F)C(F)(F)C(F)(F)C(F)(F)OC(=O)C(F)(C(F)(F)F)C(F)(F)F)C(F)(C(F)(F)F)C(F)(F)F. The summed E-state index contributed by atoms with van der Waals surface area (Å²) in [5, 5.41) is 0. The summed E-state index contributed by atoms with van der Waals surface area (Å²) in [5.74, 6) is -27.7. The lowest BCUT2D eigenvalue weighted by Crippen LogP contribution is -2.68. The molecule has 0 fully saturated rings. The van der Waals surface area contributed by atoms with Crippen LogP contribution in [0.1, 0.15) is 0 Å². The third kappa shape index (κ3) is 5.16. The molecule has 0 heterocycles. The molecule has 0 rings (SSSR count). The Bertz CT molecular complexity index is 801. The van der Waals surface area contributed by atoms with Gasteiger partial charge in [0.1, 0.15) is 0 Å². The summed E-state index contributed by atoms with van der Waals surface area (Å²) in [6, 6.07) is 0. The van der Waals surface area contributed by atoms with Crippen LogP contribution in [0.25, 0.3) is 0 Å². The molecule has 0 amide bonds. The largest absolute Gasteiger partial charge is 0.473 e. The molecular weight excluding hydrogens is 626 g/mol. The third-order valence-corrected chi connectivity index (χ3v) is 3.69. The molecule has 0 aromatic heterocycles. The van der Waals surface area contributed by atoms with Crippen molar-refractivity contribution in [2.45, 2.75) is 60.1 Å². The van der Waals surface area contributed by atoms with E-state index in [0.29, 0.717) is 0 Å². The van der Waals surface area contributed by atoms with Crippen LogP contribution in [0.2, 0.25) is 0 Å². The highest BCUT2D eigenvalue weighted by Gasteiger charge is 2.88. The van der Waals surface area contributed by atoms with Crippen LogP contribution in [-0.4, -0.2) is 72.0 Å². The molecule has 26 heteroatoms. The van der Waals surface area contributed by atoms with Gasteiger partial charge < -0.3 is 9.47 Å². The molecule has 38 heavy (non-hydrogen) atoms. The molecule has 0 aromatic carbocycles. The van der Waals surface area contributed by atoms with Gasteiger partial charge in [-0.1, -0.05) is 0 Å². The monoisotopic (exact) mass is 626 g/mol. The van der Waals surface area contributed by atoms with Gasteiger partial charge >= 0.3 is 72.0 Å². The Kier molecular flexibility index (Phi) is 8.36. The number of alkyl halides is 22. The van der Waals surface area contributed by atoms with Gasteiger partial charge in [0.15, 0.2) is 0 Å². The van der Waals surface area contributed by atoms with Gasteiger partial charge in [0.05, 0.1) is 0 Å². The second-order valence-corrected chi connectivity index (χ2v) is 6.27. The van der Waals surface area contributed by atoms with E-state index in [9.17, 15) is 106 Å². The first-order valence-electron chi connectivity index (χ1n) is 7.63. The summed E-state index contributed by atoms with van der Waals surface area (Å²) in [6.07, 6.45) is -47.5. The topological polar surface area (TPSA) is 52.6 Å². The van der Waals surface area contributed by atoms with Crippen molar-refractivity contribution in [2.75, 3.05) is 0 Å². The minimum Gasteiger partial charge on any atom is -0.393 e. The fraction of sp³-hybridized carbons (Fsp3) is 0.833. The molecule has 0 aromatic rings. The Morgan fingerprint density at radius 3 is 0.632 bits per heavy atom. The van der Waals surface area contributed by atoms with Crippen LogP contribution < -0.4 is 0 Å². The lowest BCUT2D eigenvalue weighted by molar-refractivity contribution is -0.454. The first-order chi connectivity index (χ1) is 16.0. The first-order valence-corrected chi connectivity index (χ1v) is 7.63.